The average molecular weight is 193 g/mol. The van der Waals surface area contributed by atoms with Gasteiger partial charge in [-0.2, -0.15) is 0 Å². The molecule has 0 fully saturated rings. The van der Waals surface area contributed by atoms with Crippen molar-refractivity contribution >= 4 is 5.97 Å². The molecule has 0 spiro atoms. The number of aryl methyl sites for hydroxylation is 1. The van der Waals surface area contributed by atoms with Gasteiger partial charge in [0.1, 0.15) is 0 Å². The first-order chi connectivity index (χ1) is 6.65. The smallest absolute Gasteiger partial charge is 0.307 e. The van der Waals surface area contributed by atoms with Gasteiger partial charge in [-0.05, 0) is 18.1 Å². The van der Waals surface area contributed by atoms with Gasteiger partial charge in [0.05, 0.1) is 13.5 Å². The van der Waals surface area contributed by atoms with Crippen LogP contribution in [0, 0.1) is 6.92 Å². The van der Waals surface area contributed by atoms with Gasteiger partial charge in [-0.3, -0.25) is 4.79 Å². The van der Waals surface area contributed by atoms with E-state index >= 15 is 0 Å². The molecule has 2 N–H and O–H groups in total. The molecule has 0 amide bonds. The first-order valence-corrected chi connectivity index (χ1v) is 4.53. The Hall–Kier alpha value is -1.35. The van der Waals surface area contributed by atoms with Gasteiger partial charge in [0.15, 0.2) is 0 Å². The molecule has 3 heteroatoms. The summed E-state index contributed by atoms with van der Waals surface area (Å²) in [6.07, 6.45) is 0.224. The predicted molar refractivity (Wildman–Crippen MR) is 54.7 cm³/mol. The predicted octanol–water partition coefficient (Wildman–Crippen LogP) is 1.56. The number of carbonyl (C=O) groups excluding carboxylic acids is 1. The van der Waals surface area contributed by atoms with Crippen molar-refractivity contribution in [2.24, 2.45) is 5.73 Å². The number of rotatable bonds is 3. The Morgan fingerprint density at radius 1 is 1.50 bits per heavy atom. The van der Waals surface area contributed by atoms with Crippen LogP contribution in [0.25, 0.3) is 0 Å². The number of ether oxygens (including phenoxy) is 1. The number of nitrogens with two attached hydrogens (primary N) is 1. The SMILES string of the molecule is COC(=O)CC(N)c1ccccc1C. The second-order valence-electron chi connectivity index (χ2n) is 3.24. The molecule has 1 rings (SSSR count). The second-order valence-corrected chi connectivity index (χ2v) is 3.24. The van der Waals surface area contributed by atoms with E-state index in [0.717, 1.165) is 11.1 Å². The number of hydrogen-bond acceptors (Lipinski definition) is 3. The summed E-state index contributed by atoms with van der Waals surface area (Å²) in [7, 11) is 1.37. The summed E-state index contributed by atoms with van der Waals surface area (Å²) in [6, 6.07) is 7.50. The fraction of sp³-hybridized carbons (Fsp3) is 0.364. The fourth-order valence-corrected chi connectivity index (χ4v) is 1.38. The lowest BCUT2D eigenvalue weighted by atomic mass is 10.00. The summed E-state index contributed by atoms with van der Waals surface area (Å²) in [4.78, 5) is 11.0. The van der Waals surface area contributed by atoms with Crippen molar-refractivity contribution in [2.75, 3.05) is 7.11 Å². The van der Waals surface area contributed by atoms with Crippen LogP contribution in [0.15, 0.2) is 24.3 Å². The Balaban J connectivity index is 2.74. The zero-order valence-electron chi connectivity index (χ0n) is 8.49. The van der Waals surface area contributed by atoms with E-state index in [9.17, 15) is 4.79 Å². The quantitative estimate of drug-likeness (QED) is 0.741. The molecule has 0 aromatic heterocycles. The molecule has 0 aliphatic heterocycles. The molecule has 0 saturated heterocycles. The molecule has 0 heterocycles. The molecule has 0 saturated carbocycles. The van der Waals surface area contributed by atoms with E-state index in [2.05, 4.69) is 4.74 Å². The number of hydrogen-bond donors (Lipinski definition) is 1. The minimum Gasteiger partial charge on any atom is -0.469 e. The van der Waals surface area contributed by atoms with Gasteiger partial charge in [-0.25, -0.2) is 0 Å². The largest absolute Gasteiger partial charge is 0.469 e. The van der Waals surface area contributed by atoms with Crippen LogP contribution < -0.4 is 5.73 Å². The summed E-state index contributed by atoms with van der Waals surface area (Å²) >= 11 is 0. The molecular weight excluding hydrogens is 178 g/mol. The maximum atomic E-state index is 11.0. The van der Waals surface area contributed by atoms with Crippen LogP contribution in [0.5, 0.6) is 0 Å². The molecule has 0 aliphatic carbocycles. The topological polar surface area (TPSA) is 52.3 Å². The lowest BCUT2D eigenvalue weighted by Crippen LogP contribution is -2.17. The summed E-state index contributed by atoms with van der Waals surface area (Å²) < 4.78 is 4.56. The lowest BCUT2D eigenvalue weighted by molar-refractivity contribution is -0.141. The van der Waals surface area contributed by atoms with Crippen molar-refractivity contribution in [2.45, 2.75) is 19.4 Å². The number of methoxy groups -OCH3 is 1. The van der Waals surface area contributed by atoms with Gasteiger partial charge < -0.3 is 10.5 Å². The van der Waals surface area contributed by atoms with Gasteiger partial charge in [-0.1, -0.05) is 24.3 Å². The van der Waals surface area contributed by atoms with Crippen molar-refractivity contribution in [3.05, 3.63) is 35.4 Å². The zero-order valence-corrected chi connectivity index (χ0v) is 8.49. The lowest BCUT2D eigenvalue weighted by Gasteiger charge is -2.12. The second kappa shape index (κ2) is 4.77. The third-order valence-corrected chi connectivity index (χ3v) is 2.20. The highest BCUT2D eigenvalue weighted by molar-refractivity contribution is 5.70. The number of benzene rings is 1. The van der Waals surface area contributed by atoms with Crippen molar-refractivity contribution in [1.29, 1.82) is 0 Å². The Labute approximate surface area is 83.9 Å². The molecule has 1 aromatic rings. The average Bonchev–Trinajstić information content (AvgIpc) is 2.18. The monoisotopic (exact) mass is 193 g/mol. The van der Waals surface area contributed by atoms with E-state index in [1.807, 2.05) is 31.2 Å². The molecule has 0 radical (unpaired) electrons. The van der Waals surface area contributed by atoms with Gasteiger partial charge in [0.25, 0.3) is 0 Å². The maximum absolute atomic E-state index is 11.0. The summed E-state index contributed by atoms with van der Waals surface area (Å²) in [5.41, 5.74) is 7.97. The minimum absolute atomic E-state index is 0.224. The van der Waals surface area contributed by atoms with Crippen LogP contribution in [0.3, 0.4) is 0 Å². The van der Waals surface area contributed by atoms with Gasteiger partial charge in [-0.15, -0.1) is 0 Å². The molecule has 3 nitrogen and oxygen atoms in total. The Kier molecular flexibility index (Phi) is 3.65. The highest BCUT2D eigenvalue weighted by atomic mass is 16.5. The van der Waals surface area contributed by atoms with Gasteiger partial charge in [0.2, 0.25) is 0 Å². The maximum Gasteiger partial charge on any atom is 0.307 e. The highest BCUT2D eigenvalue weighted by Gasteiger charge is 2.12. The molecule has 0 bridgehead atoms. The normalized spacial score (nSPS) is 12.2. The first kappa shape index (κ1) is 10.7. The standard InChI is InChI=1S/C11H15NO2/c1-8-5-3-4-6-9(8)10(12)7-11(13)14-2/h3-6,10H,7,12H2,1-2H3. The van der Waals surface area contributed by atoms with E-state index < -0.39 is 0 Å². The van der Waals surface area contributed by atoms with E-state index in [1.165, 1.54) is 7.11 Å². The van der Waals surface area contributed by atoms with Crippen LogP contribution in [-0.4, -0.2) is 13.1 Å². The van der Waals surface area contributed by atoms with Gasteiger partial charge >= 0.3 is 5.97 Å². The van der Waals surface area contributed by atoms with E-state index in [4.69, 9.17) is 5.73 Å². The Bertz CT molecular complexity index is 323. The van der Waals surface area contributed by atoms with Crippen molar-refractivity contribution < 1.29 is 9.53 Å². The van der Waals surface area contributed by atoms with E-state index in [-0.39, 0.29) is 18.4 Å². The van der Waals surface area contributed by atoms with Crippen LogP contribution in [0.4, 0.5) is 0 Å². The fourth-order valence-electron chi connectivity index (χ4n) is 1.38. The van der Waals surface area contributed by atoms with Gasteiger partial charge in [0, 0.05) is 6.04 Å². The van der Waals surface area contributed by atoms with Crippen LogP contribution >= 0.6 is 0 Å². The number of carbonyl (C=O) groups is 1. The van der Waals surface area contributed by atoms with Crippen molar-refractivity contribution in [3.8, 4) is 0 Å². The Morgan fingerprint density at radius 3 is 2.71 bits per heavy atom. The summed E-state index contributed by atoms with van der Waals surface area (Å²) in [5, 5.41) is 0. The van der Waals surface area contributed by atoms with Crippen LogP contribution in [0.2, 0.25) is 0 Å². The molecule has 1 unspecified atom stereocenters. The van der Waals surface area contributed by atoms with Crippen LogP contribution in [-0.2, 0) is 9.53 Å². The molecule has 76 valence electrons. The summed E-state index contributed by atoms with van der Waals surface area (Å²) in [6.45, 7) is 1.98. The van der Waals surface area contributed by atoms with Crippen molar-refractivity contribution in [3.63, 3.8) is 0 Å². The molecule has 14 heavy (non-hydrogen) atoms. The van der Waals surface area contributed by atoms with E-state index in [0.29, 0.717) is 0 Å². The number of esters is 1. The Morgan fingerprint density at radius 2 is 2.14 bits per heavy atom. The zero-order chi connectivity index (χ0) is 10.6. The van der Waals surface area contributed by atoms with Crippen molar-refractivity contribution in [1.82, 2.24) is 0 Å². The summed E-state index contributed by atoms with van der Waals surface area (Å²) in [5.74, 6) is -0.277. The third kappa shape index (κ3) is 2.57. The molecule has 1 atom stereocenters. The third-order valence-electron chi connectivity index (χ3n) is 2.20. The highest BCUT2D eigenvalue weighted by Crippen LogP contribution is 2.18. The molecular formula is C11H15NO2. The van der Waals surface area contributed by atoms with E-state index in [1.54, 1.807) is 0 Å². The molecule has 0 aliphatic rings. The molecule has 1 aromatic carbocycles. The van der Waals surface area contributed by atoms with Crippen LogP contribution in [0.1, 0.15) is 23.6 Å². The minimum atomic E-state index is -0.277. The first-order valence-electron chi connectivity index (χ1n) is 4.53.